The molecular weight excluding hydrogens is 192 g/mol. The van der Waals surface area contributed by atoms with Gasteiger partial charge in [-0.1, -0.05) is 39.9 Å². The zero-order valence-electron chi connectivity index (χ0n) is 9.51. The van der Waals surface area contributed by atoms with E-state index in [1.165, 1.54) is 5.56 Å². The molecule has 3 heteroatoms. The molecule has 0 unspecified atom stereocenters. The Morgan fingerprint density at radius 1 is 1.14 bits per heavy atom. The minimum atomic E-state index is 0.400. The maximum Gasteiger partial charge on any atom is 0.133 e. The summed E-state index contributed by atoms with van der Waals surface area (Å²) < 4.78 is 0.750. The molecule has 2 nitrogen and oxygen atoms in total. The second kappa shape index (κ2) is 4.22. The van der Waals surface area contributed by atoms with Crippen molar-refractivity contribution in [3.05, 3.63) is 21.7 Å². The number of aromatic nitrogens is 2. The van der Waals surface area contributed by atoms with E-state index in [9.17, 15) is 0 Å². The first kappa shape index (κ1) is 11.4. The number of rotatable bonds is 2. The largest absolute Gasteiger partial charge is 0.347 e. The molecule has 0 fully saturated rings. The highest BCUT2D eigenvalue weighted by molar-refractivity contribution is 7.71. The zero-order chi connectivity index (χ0) is 10.9. The summed E-state index contributed by atoms with van der Waals surface area (Å²) in [6, 6.07) is 0. The summed E-state index contributed by atoms with van der Waals surface area (Å²) in [5.74, 6) is 1.82. The topological polar surface area (TPSA) is 28.7 Å². The highest BCUT2D eigenvalue weighted by Gasteiger charge is 2.10. The Labute approximate surface area is 90.8 Å². The van der Waals surface area contributed by atoms with Gasteiger partial charge in [-0.2, -0.15) is 0 Å². The third-order valence-corrected chi connectivity index (χ3v) is 2.61. The molecule has 78 valence electrons. The molecule has 0 amide bonds. The van der Waals surface area contributed by atoms with E-state index in [0.717, 1.165) is 16.2 Å². The summed E-state index contributed by atoms with van der Waals surface area (Å²) in [5.41, 5.74) is 2.33. The molecule has 14 heavy (non-hydrogen) atoms. The molecule has 0 aliphatic heterocycles. The van der Waals surface area contributed by atoms with Crippen molar-refractivity contribution in [1.82, 2.24) is 9.97 Å². The van der Waals surface area contributed by atoms with Crippen LogP contribution in [-0.2, 0) is 0 Å². The summed E-state index contributed by atoms with van der Waals surface area (Å²) in [4.78, 5) is 7.73. The van der Waals surface area contributed by atoms with Gasteiger partial charge in [0.05, 0.1) is 0 Å². The van der Waals surface area contributed by atoms with Crippen LogP contribution in [0.3, 0.4) is 0 Å². The lowest BCUT2D eigenvalue weighted by Gasteiger charge is -2.13. The summed E-state index contributed by atoms with van der Waals surface area (Å²) in [5, 5.41) is 0. The van der Waals surface area contributed by atoms with Gasteiger partial charge in [0.2, 0.25) is 0 Å². The highest BCUT2D eigenvalue weighted by Crippen LogP contribution is 2.20. The van der Waals surface area contributed by atoms with Crippen LogP contribution in [0.5, 0.6) is 0 Å². The first-order valence-electron chi connectivity index (χ1n) is 5.04. The van der Waals surface area contributed by atoms with E-state index in [1.807, 2.05) is 0 Å². The monoisotopic (exact) mass is 210 g/mol. The number of H-pyrrole nitrogens is 1. The molecule has 0 radical (unpaired) electrons. The lowest BCUT2D eigenvalue weighted by molar-refractivity contribution is 0.736. The minimum Gasteiger partial charge on any atom is -0.347 e. The van der Waals surface area contributed by atoms with Crippen LogP contribution in [0, 0.1) is 11.6 Å². The van der Waals surface area contributed by atoms with Gasteiger partial charge in [0.25, 0.3) is 0 Å². The van der Waals surface area contributed by atoms with Crippen LogP contribution in [-0.4, -0.2) is 9.97 Å². The Morgan fingerprint density at radius 2 is 1.71 bits per heavy atom. The number of aromatic amines is 1. The fraction of sp³-hybridized carbons (Fsp3) is 0.636. The van der Waals surface area contributed by atoms with Crippen LogP contribution in [0.4, 0.5) is 0 Å². The average molecular weight is 210 g/mol. The van der Waals surface area contributed by atoms with Crippen LogP contribution in [0.25, 0.3) is 0 Å². The van der Waals surface area contributed by atoms with Crippen molar-refractivity contribution >= 4 is 12.2 Å². The van der Waals surface area contributed by atoms with Crippen LogP contribution in [0.2, 0.25) is 0 Å². The molecule has 1 N–H and O–H groups in total. The third-order valence-electron chi connectivity index (χ3n) is 2.30. The van der Waals surface area contributed by atoms with E-state index in [2.05, 4.69) is 44.6 Å². The molecule has 0 saturated heterocycles. The Balaban J connectivity index is 3.33. The molecule has 1 aromatic heterocycles. The van der Waals surface area contributed by atoms with Crippen LogP contribution in [0.15, 0.2) is 0 Å². The van der Waals surface area contributed by atoms with Gasteiger partial charge in [0.1, 0.15) is 10.5 Å². The number of hydrogen-bond acceptors (Lipinski definition) is 2. The lowest BCUT2D eigenvalue weighted by Crippen LogP contribution is -2.05. The van der Waals surface area contributed by atoms with Gasteiger partial charge in [0, 0.05) is 17.2 Å². The predicted molar refractivity (Wildman–Crippen MR) is 62.3 cm³/mol. The number of nitrogens with zero attached hydrogens (tertiary/aromatic N) is 1. The molecule has 1 aromatic rings. The minimum absolute atomic E-state index is 0.400. The average Bonchev–Trinajstić information content (AvgIpc) is 2.01. The summed E-state index contributed by atoms with van der Waals surface area (Å²) >= 11 is 5.29. The first-order chi connectivity index (χ1) is 6.43. The molecule has 0 aliphatic rings. The molecule has 0 spiro atoms. The van der Waals surface area contributed by atoms with Gasteiger partial charge < -0.3 is 4.98 Å². The van der Waals surface area contributed by atoms with Gasteiger partial charge in [-0.25, -0.2) is 4.98 Å². The zero-order valence-corrected chi connectivity index (χ0v) is 10.3. The number of aryl methyl sites for hydroxylation is 1. The summed E-state index contributed by atoms with van der Waals surface area (Å²) in [7, 11) is 0. The van der Waals surface area contributed by atoms with Crippen LogP contribution in [0.1, 0.15) is 56.6 Å². The molecule has 0 aromatic carbocycles. The quantitative estimate of drug-likeness (QED) is 0.754. The number of nitrogens with one attached hydrogen (secondary N) is 1. The van der Waals surface area contributed by atoms with Crippen molar-refractivity contribution in [1.29, 1.82) is 0 Å². The fourth-order valence-corrected chi connectivity index (χ4v) is 2.06. The molecule has 0 atom stereocenters. The van der Waals surface area contributed by atoms with E-state index >= 15 is 0 Å². The lowest BCUT2D eigenvalue weighted by atomic mass is 10.0. The van der Waals surface area contributed by atoms with Crippen molar-refractivity contribution in [2.24, 2.45) is 0 Å². The summed E-state index contributed by atoms with van der Waals surface area (Å²) in [6.07, 6.45) is 0. The molecule has 0 bridgehead atoms. The Hall–Kier alpha value is -0.700. The Kier molecular flexibility index (Phi) is 3.43. The second-order valence-corrected chi connectivity index (χ2v) is 4.66. The van der Waals surface area contributed by atoms with E-state index in [0.29, 0.717) is 11.8 Å². The standard InChI is InChI=1S/C11H18N2S/c1-6(2)9-8(5)12-10(7(3)4)13-11(9)14/h6-7H,1-5H3,(H,12,13,14). The van der Waals surface area contributed by atoms with Crippen LogP contribution >= 0.6 is 12.2 Å². The van der Waals surface area contributed by atoms with E-state index < -0.39 is 0 Å². The smallest absolute Gasteiger partial charge is 0.133 e. The van der Waals surface area contributed by atoms with Crippen molar-refractivity contribution in [3.8, 4) is 0 Å². The van der Waals surface area contributed by atoms with Crippen LogP contribution < -0.4 is 0 Å². The highest BCUT2D eigenvalue weighted by atomic mass is 32.1. The second-order valence-electron chi connectivity index (χ2n) is 4.28. The van der Waals surface area contributed by atoms with Crippen molar-refractivity contribution in [2.45, 2.75) is 46.5 Å². The van der Waals surface area contributed by atoms with E-state index in [-0.39, 0.29) is 0 Å². The van der Waals surface area contributed by atoms with E-state index in [1.54, 1.807) is 0 Å². The van der Waals surface area contributed by atoms with Gasteiger partial charge in [-0.3, -0.25) is 0 Å². The van der Waals surface area contributed by atoms with Crippen molar-refractivity contribution in [3.63, 3.8) is 0 Å². The number of hydrogen-bond donors (Lipinski definition) is 1. The first-order valence-corrected chi connectivity index (χ1v) is 5.45. The Morgan fingerprint density at radius 3 is 2.07 bits per heavy atom. The fourth-order valence-electron chi connectivity index (χ4n) is 1.57. The van der Waals surface area contributed by atoms with Crippen molar-refractivity contribution < 1.29 is 0 Å². The van der Waals surface area contributed by atoms with Gasteiger partial charge in [0.15, 0.2) is 0 Å². The normalized spacial score (nSPS) is 11.4. The Bertz CT molecular complexity index is 377. The third kappa shape index (κ3) is 2.21. The van der Waals surface area contributed by atoms with Gasteiger partial charge >= 0.3 is 0 Å². The van der Waals surface area contributed by atoms with E-state index in [4.69, 9.17) is 12.2 Å². The molecule has 1 rings (SSSR count). The SMILES string of the molecule is Cc1[nH]c(C(C)C)nc(=S)c1C(C)C. The summed E-state index contributed by atoms with van der Waals surface area (Å²) in [6.45, 7) is 10.6. The maximum absolute atomic E-state index is 5.29. The molecule has 1 heterocycles. The maximum atomic E-state index is 5.29. The predicted octanol–water partition coefficient (Wildman–Crippen LogP) is 3.69. The van der Waals surface area contributed by atoms with Crippen molar-refractivity contribution in [2.75, 3.05) is 0 Å². The van der Waals surface area contributed by atoms with Gasteiger partial charge in [-0.05, 0) is 12.8 Å². The van der Waals surface area contributed by atoms with Gasteiger partial charge in [-0.15, -0.1) is 0 Å². The molecule has 0 aliphatic carbocycles. The molecular formula is C11H18N2S. The molecule has 0 saturated carbocycles.